The molecule has 1 aromatic rings. The van der Waals surface area contributed by atoms with Gasteiger partial charge in [0.1, 0.15) is 0 Å². The molecule has 2 N–H and O–H groups in total. The first-order valence-corrected chi connectivity index (χ1v) is 22.1. The lowest BCUT2D eigenvalue weighted by molar-refractivity contribution is 0.00427. The normalized spacial score (nSPS) is 14.2. The van der Waals surface area contributed by atoms with Crippen LogP contribution in [0.2, 0.25) is 0 Å². The minimum Gasteiger partial charge on any atom is -0.390 e. The number of hydrogen-bond acceptors (Lipinski definition) is 4. The molecule has 0 aliphatic carbocycles. The maximum atomic E-state index is 11.1. The highest BCUT2D eigenvalue weighted by Crippen LogP contribution is 2.26. The molecular weight excluding hydrogens is 617 g/mol. The van der Waals surface area contributed by atoms with Gasteiger partial charge in [0.25, 0.3) is 0 Å². The van der Waals surface area contributed by atoms with Gasteiger partial charge in [-0.3, -0.25) is 0 Å². The van der Waals surface area contributed by atoms with Gasteiger partial charge in [0.15, 0.2) is 0 Å². The molecule has 0 bridgehead atoms. The Balaban J connectivity index is 2.08. The van der Waals surface area contributed by atoms with Crippen LogP contribution in [0.25, 0.3) is 0 Å². The Labute approximate surface area is 312 Å². The van der Waals surface area contributed by atoms with Gasteiger partial charge < -0.3 is 19.7 Å². The molecule has 0 aromatic heterocycles. The van der Waals surface area contributed by atoms with Gasteiger partial charge in [0, 0.05) is 13.2 Å². The fourth-order valence-electron chi connectivity index (χ4n) is 7.31. The summed E-state index contributed by atoms with van der Waals surface area (Å²) in [5.41, 5.74) is 1.28. The molecule has 0 heterocycles. The molecule has 2 atom stereocenters. The first-order chi connectivity index (χ1) is 24.4. The second kappa shape index (κ2) is 32.7. The summed E-state index contributed by atoms with van der Waals surface area (Å²) in [7, 11) is 0. The van der Waals surface area contributed by atoms with E-state index in [0.29, 0.717) is 26.4 Å². The maximum Gasteiger partial charge on any atom is 0.0716 e. The average Bonchev–Trinajstić information content (AvgIpc) is 3.13. The zero-order valence-electron chi connectivity index (χ0n) is 34.1. The van der Waals surface area contributed by atoms with Crippen molar-refractivity contribution in [3.8, 4) is 0 Å². The highest BCUT2D eigenvalue weighted by atomic mass is 16.5. The molecule has 294 valence electrons. The summed E-state index contributed by atoms with van der Waals surface area (Å²) >= 11 is 0. The van der Waals surface area contributed by atoms with E-state index < -0.39 is 11.2 Å². The minimum absolute atomic E-state index is 0.536. The van der Waals surface area contributed by atoms with Crippen LogP contribution in [0.15, 0.2) is 24.3 Å². The molecule has 0 fully saturated rings. The van der Waals surface area contributed by atoms with Gasteiger partial charge in [-0.2, -0.15) is 0 Å². The minimum atomic E-state index is -0.536. The van der Waals surface area contributed by atoms with Crippen molar-refractivity contribution in [3.63, 3.8) is 0 Å². The van der Waals surface area contributed by atoms with Crippen molar-refractivity contribution in [2.24, 2.45) is 0 Å². The Hall–Kier alpha value is -0.940. The van der Waals surface area contributed by atoms with E-state index in [1.165, 1.54) is 140 Å². The van der Waals surface area contributed by atoms with Gasteiger partial charge in [-0.05, 0) is 62.5 Å². The van der Waals surface area contributed by atoms with E-state index in [-0.39, 0.29) is 0 Å². The predicted octanol–water partition coefficient (Wildman–Crippen LogP) is 14.0. The number of unbranched alkanes of at least 4 members (excludes halogenated alkanes) is 20. The molecule has 4 nitrogen and oxygen atoms in total. The van der Waals surface area contributed by atoms with Crippen molar-refractivity contribution in [2.75, 3.05) is 13.2 Å². The summed E-state index contributed by atoms with van der Waals surface area (Å²) < 4.78 is 11.9. The molecule has 0 saturated heterocycles. The van der Waals surface area contributed by atoms with Gasteiger partial charge in [0.2, 0.25) is 0 Å². The van der Waals surface area contributed by atoms with Crippen LogP contribution in [0.1, 0.15) is 231 Å². The predicted molar refractivity (Wildman–Crippen MR) is 217 cm³/mol. The second-order valence-electron chi connectivity index (χ2n) is 15.9. The maximum absolute atomic E-state index is 11.1. The van der Waals surface area contributed by atoms with Gasteiger partial charge in [-0.15, -0.1) is 0 Å². The number of rotatable bonds is 38. The second-order valence-corrected chi connectivity index (χ2v) is 15.9. The van der Waals surface area contributed by atoms with E-state index in [0.717, 1.165) is 64.2 Å². The van der Waals surface area contributed by atoms with Crippen LogP contribution in [-0.2, 0) is 22.7 Å². The highest BCUT2D eigenvalue weighted by Gasteiger charge is 2.24. The molecule has 1 rings (SSSR count). The summed E-state index contributed by atoms with van der Waals surface area (Å²) in [5.74, 6) is 0. The Kier molecular flexibility index (Phi) is 30.8. The van der Waals surface area contributed by atoms with Crippen molar-refractivity contribution in [3.05, 3.63) is 35.4 Å². The highest BCUT2D eigenvalue weighted by molar-refractivity contribution is 5.21. The lowest BCUT2D eigenvalue weighted by Crippen LogP contribution is -2.28. The van der Waals surface area contributed by atoms with Crippen LogP contribution >= 0.6 is 0 Å². The Morgan fingerprint density at radius 3 is 0.920 bits per heavy atom. The third-order valence-corrected chi connectivity index (χ3v) is 11.2. The van der Waals surface area contributed by atoms with Crippen molar-refractivity contribution in [1.29, 1.82) is 0 Å². The Bertz CT molecular complexity index is 772. The zero-order valence-corrected chi connectivity index (χ0v) is 34.1. The van der Waals surface area contributed by atoms with Crippen molar-refractivity contribution < 1.29 is 19.7 Å². The first kappa shape index (κ1) is 47.1. The van der Waals surface area contributed by atoms with E-state index in [1.807, 2.05) is 0 Å². The van der Waals surface area contributed by atoms with Crippen LogP contribution in [0.3, 0.4) is 0 Å². The molecular formula is C46H86O4. The number of benzene rings is 1. The van der Waals surface area contributed by atoms with E-state index in [4.69, 9.17) is 9.47 Å². The van der Waals surface area contributed by atoms with Crippen LogP contribution in [-0.4, -0.2) is 34.6 Å². The third-order valence-electron chi connectivity index (χ3n) is 11.2. The molecule has 1 aromatic carbocycles. The molecule has 0 radical (unpaired) electrons. The van der Waals surface area contributed by atoms with E-state index in [1.54, 1.807) is 0 Å². The summed E-state index contributed by atoms with van der Waals surface area (Å²) in [6.07, 6.45) is 36.5. The standard InChI is InChI=1S/C46H86O4/c1-5-9-11-13-15-17-19-21-23-25-27-35-45(47,7-3)37-29-39-49-41-43-31-33-44(34-32-43)42-50-40-30-38-46(48,8-4)36-28-26-24-22-20-18-16-14-12-10-6-2/h31-34,47-48H,5-30,35-42H2,1-4H3. The van der Waals surface area contributed by atoms with Gasteiger partial charge in [-0.1, -0.05) is 193 Å². The quantitative estimate of drug-likeness (QED) is 0.0674. The summed E-state index contributed by atoms with van der Waals surface area (Å²) in [6.45, 7) is 11.4. The van der Waals surface area contributed by atoms with Gasteiger partial charge >= 0.3 is 0 Å². The first-order valence-electron chi connectivity index (χ1n) is 22.1. The molecule has 50 heavy (non-hydrogen) atoms. The van der Waals surface area contributed by atoms with Crippen LogP contribution in [0.4, 0.5) is 0 Å². The number of aliphatic hydroxyl groups is 2. The summed E-state index contributed by atoms with van der Waals surface area (Å²) in [5, 5.41) is 22.2. The van der Waals surface area contributed by atoms with Gasteiger partial charge in [0.05, 0.1) is 24.4 Å². The van der Waals surface area contributed by atoms with Crippen molar-refractivity contribution in [2.45, 2.75) is 245 Å². The van der Waals surface area contributed by atoms with E-state index >= 15 is 0 Å². The molecule has 0 spiro atoms. The zero-order chi connectivity index (χ0) is 36.4. The Morgan fingerprint density at radius 2 is 0.640 bits per heavy atom. The SMILES string of the molecule is CCCCCCCCCCCCCC(O)(CC)CCCOCc1ccc(COCCCC(O)(CC)CCCCCCCCCCCCC)cc1. The molecule has 4 heteroatoms. The van der Waals surface area contributed by atoms with E-state index in [2.05, 4.69) is 52.0 Å². The smallest absolute Gasteiger partial charge is 0.0716 e. The average molecular weight is 703 g/mol. The topological polar surface area (TPSA) is 58.9 Å². The summed E-state index contributed by atoms with van der Waals surface area (Å²) in [6, 6.07) is 8.54. The number of ether oxygens (including phenoxy) is 2. The molecule has 0 aliphatic heterocycles. The fourth-order valence-corrected chi connectivity index (χ4v) is 7.31. The molecule has 0 aliphatic rings. The van der Waals surface area contributed by atoms with Gasteiger partial charge in [-0.25, -0.2) is 0 Å². The lowest BCUT2D eigenvalue weighted by atomic mass is 9.88. The fraction of sp³-hybridized carbons (Fsp3) is 0.870. The molecule has 0 amide bonds. The van der Waals surface area contributed by atoms with Crippen LogP contribution in [0.5, 0.6) is 0 Å². The van der Waals surface area contributed by atoms with Crippen molar-refractivity contribution >= 4 is 0 Å². The van der Waals surface area contributed by atoms with E-state index in [9.17, 15) is 10.2 Å². The summed E-state index contributed by atoms with van der Waals surface area (Å²) in [4.78, 5) is 0. The van der Waals surface area contributed by atoms with Crippen molar-refractivity contribution in [1.82, 2.24) is 0 Å². The Morgan fingerprint density at radius 1 is 0.380 bits per heavy atom. The monoisotopic (exact) mass is 703 g/mol. The van der Waals surface area contributed by atoms with Crippen LogP contribution in [0, 0.1) is 0 Å². The lowest BCUT2D eigenvalue weighted by Gasteiger charge is -2.27. The van der Waals surface area contributed by atoms with Crippen LogP contribution < -0.4 is 0 Å². The third kappa shape index (κ3) is 26.8. The largest absolute Gasteiger partial charge is 0.390 e. The molecule has 2 unspecified atom stereocenters. The number of hydrogen-bond donors (Lipinski definition) is 2. The molecule has 0 saturated carbocycles.